The van der Waals surface area contributed by atoms with Crippen molar-refractivity contribution in [2.24, 2.45) is 4.99 Å². The van der Waals surface area contributed by atoms with Crippen molar-refractivity contribution in [3.05, 3.63) is 29.8 Å². The molecule has 130 valence electrons. The number of hydrogen-bond acceptors (Lipinski definition) is 4. The first-order valence-electron chi connectivity index (χ1n) is 7.54. The van der Waals surface area contributed by atoms with Crippen molar-refractivity contribution < 1.29 is 13.2 Å². The fourth-order valence-corrected chi connectivity index (χ4v) is 2.32. The number of sulfonamides is 1. The molecule has 0 bridgehead atoms. The molecular formula is C15H26N4O3S. The minimum absolute atomic E-state index is 0.286. The molecule has 0 atom stereocenters. The van der Waals surface area contributed by atoms with E-state index in [2.05, 4.69) is 20.3 Å². The van der Waals surface area contributed by atoms with Gasteiger partial charge in [0.1, 0.15) is 5.75 Å². The Hall–Kier alpha value is -1.80. The van der Waals surface area contributed by atoms with Crippen LogP contribution in [0.1, 0.15) is 12.5 Å². The summed E-state index contributed by atoms with van der Waals surface area (Å²) in [6, 6.07) is 7.93. The second-order valence-corrected chi connectivity index (χ2v) is 6.79. The number of aliphatic imine (C=N–C) groups is 1. The van der Waals surface area contributed by atoms with Crippen LogP contribution < -0.4 is 20.1 Å². The van der Waals surface area contributed by atoms with Crippen LogP contribution in [0.3, 0.4) is 0 Å². The number of ether oxygens (including phenoxy) is 1. The zero-order valence-electron chi connectivity index (χ0n) is 13.9. The number of nitrogens with one attached hydrogen (secondary N) is 3. The highest BCUT2D eigenvalue weighted by atomic mass is 32.2. The number of hydrogen-bond donors (Lipinski definition) is 3. The van der Waals surface area contributed by atoms with E-state index in [0.717, 1.165) is 31.5 Å². The Bertz CT molecular complexity index is 585. The van der Waals surface area contributed by atoms with E-state index in [0.29, 0.717) is 12.5 Å². The van der Waals surface area contributed by atoms with Crippen molar-refractivity contribution in [2.45, 2.75) is 13.3 Å². The highest BCUT2D eigenvalue weighted by molar-refractivity contribution is 7.88. The summed E-state index contributed by atoms with van der Waals surface area (Å²) in [6.45, 7) is 4.12. The lowest BCUT2D eigenvalue weighted by atomic mass is 10.1. The molecule has 1 aromatic rings. The topological polar surface area (TPSA) is 91.8 Å². The first-order valence-corrected chi connectivity index (χ1v) is 9.43. The maximum atomic E-state index is 11.0. The molecular weight excluding hydrogens is 316 g/mol. The normalized spacial score (nSPS) is 12.0. The summed E-state index contributed by atoms with van der Waals surface area (Å²) in [7, 11) is -1.52. The Morgan fingerprint density at radius 2 is 1.87 bits per heavy atom. The zero-order chi connectivity index (χ0) is 17.1. The van der Waals surface area contributed by atoms with E-state index in [4.69, 9.17) is 4.74 Å². The quantitative estimate of drug-likeness (QED) is 0.342. The molecule has 23 heavy (non-hydrogen) atoms. The first kappa shape index (κ1) is 19.2. The fraction of sp³-hybridized carbons (Fsp3) is 0.533. The predicted octanol–water partition coefficient (Wildman–Crippen LogP) is 0.342. The van der Waals surface area contributed by atoms with Gasteiger partial charge < -0.3 is 15.4 Å². The van der Waals surface area contributed by atoms with Crippen molar-refractivity contribution in [1.82, 2.24) is 15.4 Å². The summed E-state index contributed by atoms with van der Waals surface area (Å²) in [5, 5.41) is 6.35. The van der Waals surface area contributed by atoms with E-state index < -0.39 is 10.0 Å². The highest BCUT2D eigenvalue weighted by Gasteiger charge is 2.00. The van der Waals surface area contributed by atoms with Crippen LogP contribution in [0.15, 0.2) is 29.3 Å². The van der Waals surface area contributed by atoms with E-state index in [9.17, 15) is 8.42 Å². The Morgan fingerprint density at radius 1 is 1.17 bits per heavy atom. The van der Waals surface area contributed by atoms with Gasteiger partial charge in [-0.15, -0.1) is 0 Å². The SMILES string of the molecule is CCNC(=NCCNS(C)(=O)=O)NCCc1ccc(OC)cc1. The monoisotopic (exact) mass is 342 g/mol. The van der Waals surface area contributed by atoms with Crippen LogP contribution in [0.2, 0.25) is 0 Å². The highest BCUT2D eigenvalue weighted by Crippen LogP contribution is 2.11. The van der Waals surface area contributed by atoms with Gasteiger partial charge in [0.05, 0.1) is 19.9 Å². The third-order valence-corrected chi connectivity index (χ3v) is 3.68. The molecule has 7 nitrogen and oxygen atoms in total. The number of methoxy groups -OCH3 is 1. The molecule has 0 saturated heterocycles. The van der Waals surface area contributed by atoms with Gasteiger partial charge in [0.15, 0.2) is 5.96 Å². The van der Waals surface area contributed by atoms with Gasteiger partial charge in [-0.1, -0.05) is 12.1 Å². The molecule has 0 aromatic heterocycles. The molecule has 0 aliphatic carbocycles. The van der Waals surface area contributed by atoms with E-state index in [1.165, 1.54) is 5.56 Å². The van der Waals surface area contributed by atoms with Gasteiger partial charge in [0, 0.05) is 19.6 Å². The van der Waals surface area contributed by atoms with Gasteiger partial charge >= 0.3 is 0 Å². The van der Waals surface area contributed by atoms with Crippen LogP contribution in [0.4, 0.5) is 0 Å². The van der Waals surface area contributed by atoms with Gasteiger partial charge in [-0.05, 0) is 31.0 Å². The number of rotatable bonds is 9. The number of benzene rings is 1. The van der Waals surface area contributed by atoms with Crippen molar-refractivity contribution in [3.63, 3.8) is 0 Å². The molecule has 3 N–H and O–H groups in total. The molecule has 0 spiro atoms. The Kier molecular flexibility index (Phi) is 8.42. The Labute approximate surface area is 138 Å². The standard InChI is InChI=1S/C15H26N4O3S/c1-4-16-15(18-11-12-19-23(3,20)21)17-10-9-13-5-7-14(22-2)8-6-13/h5-8,19H,4,9-12H2,1-3H3,(H2,16,17,18). The Morgan fingerprint density at radius 3 is 2.43 bits per heavy atom. The minimum Gasteiger partial charge on any atom is -0.497 e. The molecule has 8 heteroatoms. The maximum absolute atomic E-state index is 11.0. The van der Waals surface area contributed by atoms with E-state index >= 15 is 0 Å². The van der Waals surface area contributed by atoms with Gasteiger partial charge in [-0.2, -0.15) is 0 Å². The minimum atomic E-state index is -3.16. The molecule has 0 heterocycles. The first-order chi connectivity index (χ1) is 10.9. The molecule has 0 aliphatic heterocycles. The summed E-state index contributed by atoms with van der Waals surface area (Å²) in [4.78, 5) is 4.32. The van der Waals surface area contributed by atoms with Crippen LogP contribution in [-0.4, -0.2) is 53.9 Å². The zero-order valence-corrected chi connectivity index (χ0v) is 14.7. The van der Waals surface area contributed by atoms with Crippen LogP contribution >= 0.6 is 0 Å². The molecule has 0 aliphatic rings. The molecule has 1 aromatic carbocycles. The summed E-state index contributed by atoms with van der Waals surface area (Å²) < 4.78 is 29.5. The third-order valence-electron chi connectivity index (χ3n) is 2.96. The molecule has 0 unspecified atom stereocenters. The predicted molar refractivity (Wildman–Crippen MR) is 93.5 cm³/mol. The van der Waals surface area contributed by atoms with Crippen molar-refractivity contribution in [2.75, 3.05) is 39.5 Å². The molecule has 0 radical (unpaired) electrons. The van der Waals surface area contributed by atoms with Gasteiger partial charge in [0.25, 0.3) is 0 Å². The second kappa shape index (κ2) is 10.1. The second-order valence-electron chi connectivity index (χ2n) is 4.95. The fourth-order valence-electron chi connectivity index (χ4n) is 1.86. The lowest BCUT2D eigenvalue weighted by molar-refractivity contribution is 0.414. The molecule has 0 saturated carbocycles. The van der Waals surface area contributed by atoms with Crippen LogP contribution in [0.25, 0.3) is 0 Å². The maximum Gasteiger partial charge on any atom is 0.208 e. The largest absolute Gasteiger partial charge is 0.497 e. The summed E-state index contributed by atoms with van der Waals surface area (Å²) in [5.74, 6) is 1.52. The van der Waals surface area contributed by atoms with E-state index in [-0.39, 0.29) is 6.54 Å². The van der Waals surface area contributed by atoms with Crippen molar-refractivity contribution >= 4 is 16.0 Å². The number of guanidine groups is 1. The van der Waals surface area contributed by atoms with Gasteiger partial charge in [0.2, 0.25) is 10.0 Å². The van der Waals surface area contributed by atoms with Gasteiger partial charge in [-0.25, -0.2) is 13.1 Å². The average Bonchev–Trinajstić information content (AvgIpc) is 2.51. The molecule has 1 rings (SSSR count). The smallest absolute Gasteiger partial charge is 0.208 e. The lowest BCUT2D eigenvalue weighted by Crippen LogP contribution is -2.39. The van der Waals surface area contributed by atoms with Crippen LogP contribution in [0, 0.1) is 0 Å². The van der Waals surface area contributed by atoms with Crippen LogP contribution in [-0.2, 0) is 16.4 Å². The molecule has 0 fully saturated rings. The lowest BCUT2D eigenvalue weighted by Gasteiger charge is -2.11. The van der Waals surface area contributed by atoms with Crippen molar-refractivity contribution in [1.29, 1.82) is 0 Å². The summed E-state index contributed by atoms with van der Waals surface area (Å²) in [6.07, 6.45) is 1.99. The van der Waals surface area contributed by atoms with Gasteiger partial charge in [-0.3, -0.25) is 4.99 Å². The van der Waals surface area contributed by atoms with Crippen LogP contribution in [0.5, 0.6) is 5.75 Å². The van der Waals surface area contributed by atoms with E-state index in [1.54, 1.807) is 7.11 Å². The summed E-state index contributed by atoms with van der Waals surface area (Å²) in [5.41, 5.74) is 1.20. The third kappa shape index (κ3) is 9.04. The molecule has 0 amide bonds. The van der Waals surface area contributed by atoms with Crippen molar-refractivity contribution in [3.8, 4) is 5.75 Å². The Balaban J connectivity index is 2.39. The summed E-state index contributed by atoms with van der Waals surface area (Å²) >= 11 is 0. The average molecular weight is 342 g/mol. The number of nitrogens with zero attached hydrogens (tertiary/aromatic N) is 1. The van der Waals surface area contributed by atoms with E-state index in [1.807, 2.05) is 31.2 Å².